The first-order chi connectivity index (χ1) is 7.19. The van der Waals surface area contributed by atoms with Gasteiger partial charge < -0.3 is 10.2 Å². The van der Waals surface area contributed by atoms with Crippen LogP contribution < -0.4 is 11.2 Å². The van der Waals surface area contributed by atoms with Gasteiger partial charge in [-0.15, -0.1) is 0 Å². The third-order valence-corrected chi connectivity index (χ3v) is 4.51. The van der Waals surface area contributed by atoms with Crippen LogP contribution in [0.2, 0.25) is 0 Å². The van der Waals surface area contributed by atoms with Crippen LogP contribution in [0, 0.1) is 17.8 Å². The van der Waals surface area contributed by atoms with Crippen LogP contribution in [0.3, 0.4) is 0 Å². The lowest BCUT2D eigenvalue weighted by molar-refractivity contribution is -0.0191. The highest BCUT2D eigenvalue weighted by Gasteiger charge is 2.51. The van der Waals surface area contributed by atoms with E-state index in [1.807, 2.05) is 0 Å². The molecule has 0 aromatic rings. The second-order valence-corrected chi connectivity index (χ2v) is 5.73. The first-order valence-corrected chi connectivity index (χ1v) is 5.88. The molecule has 3 N–H and O–H groups in total. The number of nitrogens with two attached hydrogens (primary N) is 1. The number of carbonyl (C=O) groups excluding carboxylic acids is 1. The molecule has 15 heavy (non-hydrogen) atoms. The van der Waals surface area contributed by atoms with Gasteiger partial charge in [0.2, 0.25) is 0 Å². The Labute approximate surface area is 89.5 Å². The molecule has 4 rings (SSSR count). The van der Waals surface area contributed by atoms with Crippen molar-refractivity contribution in [3.05, 3.63) is 0 Å². The fourth-order valence-corrected chi connectivity index (χ4v) is 4.51. The van der Waals surface area contributed by atoms with Gasteiger partial charge in [0.05, 0.1) is 0 Å². The maximum absolute atomic E-state index is 11.2. The Morgan fingerprint density at radius 2 is 1.60 bits per heavy atom. The SMILES string of the molecule is NOC(=O)NC12CC3CC(CC(C3)C1)C2. The molecule has 4 saturated carbocycles. The van der Waals surface area contributed by atoms with Crippen LogP contribution in [0.5, 0.6) is 0 Å². The van der Waals surface area contributed by atoms with Gasteiger partial charge in [-0.1, -0.05) is 0 Å². The number of nitrogens with one attached hydrogen (secondary N) is 1. The van der Waals surface area contributed by atoms with Crippen molar-refractivity contribution in [1.29, 1.82) is 0 Å². The zero-order chi connectivity index (χ0) is 10.5. The van der Waals surface area contributed by atoms with Crippen molar-refractivity contribution in [1.82, 2.24) is 5.32 Å². The predicted molar refractivity (Wildman–Crippen MR) is 54.7 cm³/mol. The minimum Gasteiger partial charge on any atom is -0.357 e. The third kappa shape index (κ3) is 1.51. The van der Waals surface area contributed by atoms with Gasteiger partial charge in [-0.05, 0) is 56.3 Å². The topological polar surface area (TPSA) is 64.3 Å². The number of hydrogen-bond acceptors (Lipinski definition) is 3. The maximum atomic E-state index is 11.2. The molecule has 0 heterocycles. The molecule has 0 unspecified atom stereocenters. The Morgan fingerprint density at radius 1 is 1.13 bits per heavy atom. The van der Waals surface area contributed by atoms with Crippen LogP contribution >= 0.6 is 0 Å². The Balaban J connectivity index is 1.78. The zero-order valence-electron chi connectivity index (χ0n) is 8.87. The Morgan fingerprint density at radius 3 is 2.00 bits per heavy atom. The Bertz CT molecular complexity index is 255. The summed E-state index contributed by atoms with van der Waals surface area (Å²) in [5.41, 5.74) is 0.0191. The standard InChI is InChI=1S/C11H18N2O2/c12-15-10(14)13-11-4-7-1-8(5-11)3-9(2-7)6-11/h7-9H,1-6,12H2,(H,13,14). The minimum absolute atomic E-state index is 0.0191. The van der Waals surface area contributed by atoms with Crippen molar-refractivity contribution in [2.45, 2.75) is 44.1 Å². The number of rotatable bonds is 1. The van der Waals surface area contributed by atoms with Crippen LogP contribution in [-0.4, -0.2) is 11.6 Å². The highest BCUT2D eigenvalue weighted by molar-refractivity contribution is 5.68. The molecular weight excluding hydrogens is 192 g/mol. The Hall–Kier alpha value is -0.770. The molecule has 1 amide bonds. The van der Waals surface area contributed by atoms with E-state index in [-0.39, 0.29) is 5.54 Å². The van der Waals surface area contributed by atoms with E-state index < -0.39 is 6.09 Å². The van der Waals surface area contributed by atoms with Gasteiger partial charge in [-0.3, -0.25) is 0 Å². The number of hydrogen-bond donors (Lipinski definition) is 2. The molecule has 0 aromatic heterocycles. The molecule has 0 saturated heterocycles. The van der Waals surface area contributed by atoms with Crippen LogP contribution in [-0.2, 0) is 4.84 Å². The van der Waals surface area contributed by atoms with E-state index in [1.54, 1.807) is 0 Å². The third-order valence-electron chi connectivity index (χ3n) is 4.51. The normalized spacial score (nSPS) is 46.6. The van der Waals surface area contributed by atoms with E-state index in [9.17, 15) is 4.79 Å². The average molecular weight is 210 g/mol. The highest BCUT2D eigenvalue weighted by Crippen LogP contribution is 2.55. The van der Waals surface area contributed by atoms with E-state index in [2.05, 4.69) is 10.2 Å². The summed E-state index contributed by atoms with van der Waals surface area (Å²) in [5, 5.41) is 2.99. The molecular formula is C11H18N2O2. The Kier molecular flexibility index (Phi) is 1.96. The van der Waals surface area contributed by atoms with Crippen LogP contribution in [0.25, 0.3) is 0 Å². The molecule has 84 valence electrons. The first-order valence-electron chi connectivity index (χ1n) is 5.88. The van der Waals surface area contributed by atoms with Gasteiger partial charge in [0, 0.05) is 5.54 Å². The molecule has 0 spiro atoms. The molecule has 4 fully saturated rings. The van der Waals surface area contributed by atoms with E-state index in [4.69, 9.17) is 5.90 Å². The quantitative estimate of drug-likeness (QED) is 0.645. The summed E-state index contributed by atoms with van der Waals surface area (Å²) in [7, 11) is 0. The van der Waals surface area contributed by atoms with Crippen molar-refractivity contribution in [2.24, 2.45) is 23.7 Å². The van der Waals surface area contributed by atoms with Gasteiger partial charge in [0.15, 0.2) is 0 Å². The first kappa shape index (κ1) is 9.46. The summed E-state index contributed by atoms with van der Waals surface area (Å²) >= 11 is 0. The molecule has 0 aliphatic heterocycles. The summed E-state index contributed by atoms with van der Waals surface area (Å²) in [6.07, 6.45) is 7.06. The summed E-state index contributed by atoms with van der Waals surface area (Å²) in [6.45, 7) is 0. The molecule has 4 nitrogen and oxygen atoms in total. The average Bonchev–Trinajstić information content (AvgIpc) is 2.14. The maximum Gasteiger partial charge on any atom is 0.426 e. The van der Waals surface area contributed by atoms with Crippen LogP contribution in [0.15, 0.2) is 0 Å². The monoisotopic (exact) mass is 210 g/mol. The van der Waals surface area contributed by atoms with Gasteiger partial charge in [-0.25, -0.2) is 4.79 Å². The van der Waals surface area contributed by atoms with Gasteiger partial charge in [0.1, 0.15) is 0 Å². The largest absolute Gasteiger partial charge is 0.426 e. The minimum atomic E-state index is -0.461. The van der Waals surface area contributed by atoms with Crippen molar-refractivity contribution in [3.63, 3.8) is 0 Å². The van der Waals surface area contributed by atoms with E-state index in [0.29, 0.717) is 0 Å². The van der Waals surface area contributed by atoms with Crippen molar-refractivity contribution < 1.29 is 9.63 Å². The highest BCUT2D eigenvalue weighted by atomic mass is 16.7. The fraction of sp³-hybridized carbons (Fsp3) is 0.909. The second-order valence-electron chi connectivity index (χ2n) is 5.73. The summed E-state index contributed by atoms with van der Waals surface area (Å²) < 4.78 is 0. The van der Waals surface area contributed by atoms with Gasteiger partial charge in [0.25, 0.3) is 0 Å². The molecule has 4 bridgehead atoms. The molecule has 0 atom stereocenters. The summed E-state index contributed by atoms with van der Waals surface area (Å²) in [6, 6.07) is 0. The fourth-order valence-electron chi connectivity index (χ4n) is 4.51. The van der Waals surface area contributed by atoms with Gasteiger partial charge >= 0.3 is 6.09 Å². The lowest BCUT2D eigenvalue weighted by Gasteiger charge is -2.56. The van der Waals surface area contributed by atoms with Crippen LogP contribution in [0.4, 0.5) is 4.79 Å². The molecule has 0 radical (unpaired) electrons. The smallest absolute Gasteiger partial charge is 0.357 e. The molecule has 4 heteroatoms. The molecule has 4 aliphatic rings. The van der Waals surface area contributed by atoms with Crippen molar-refractivity contribution >= 4 is 6.09 Å². The number of carbonyl (C=O) groups is 1. The lowest BCUT2D eigenvalue weighted by atomic mass is 9.53. The predicted octanol–water partition coefficient (Wildman–Crippen LogP) is 1.56. The van der Waals surface area contributed by atoms with Crippen molar-refractivity contribution in [3.8, 4) is 0 Å². The molecule has 0 aromatic carbocycles. The lowest BCUT2D eigenvalue weighted by Crippen LogP contribution is -2.60. The van der Waals surface area contributed by atoms with E-state index >= 15 is 0 Å². The molecule has 4 aliphatic carbocycles. The summed E-state index contributed by atoms with van der Waals surface area (Å²) in [5.74, 6) is 7.37. The number of amides is 1. The van der Waals surface area contributed by atoms with E-state index in [1.165, 1.54) is 19.3 Å². The van der Waals surface area contributed by atoms with Crippen LogP contribution in [0.1, 0.15) is 38.5 Å². The second kappa shape index (κ2) is 3.11. The van der Waals surface area contributed by atoms with Crippen molar-refractivity contribution in [2.75, 3.05) is 0 Å². The van der Waals surface area contributed by atoms with Gasteiger partial charge in [-0.2, -0.15) is 5.90 Å². The summed E-state index contributed by atoms with van der Waals surface area (Å²) in [4.78, 5) is 15.5. The zero-order valence-corrected chi connectivity index (χ0v) is 8.87. The van der Waals surface area contributed by atoms with E-state index in [0.717, 1.165) is 37.0 Å².